The molecule has 0 aliphatic heterocycles. The van der Waals surface area contributed by atoms with Crippen LogP contribution in [0, 0.1) is 6.92 Å². The molecule has 122 valence electrons. The smallest absolute Gasteiger partial charge is 0.279 e. The SMILES string of the molecule is Cc1nc(C(=O)Nc2nnc(CCC(=O)c3ccccc3)s2)co1. The monoisotopic (exact) mass is 342 g/mol. The summed E-state index contributed by atoms with van der Waals surface area (Å²) in [6.07, 6.45) is 2.10. The number of nitrogens with one attached hydrogen (secondary N) is 1. The van der Waals surface area contributed by atoms with Crippen molar-refractivity contribution in [2.24, 2.45) is 0 Å². The lowest BCUT2D eigenvalue weighted by Gasteiger charge is -1.98. The molecule has 0 aliphatic carbocycles. The maximum atomic E-state index is 12.1. The third kappa shape index (κ3) is 3.90. The number of aryl methyl sites for hydroxylation is 2. The van der Waals surface area contributed by atoms with Crippen molar-refractivity contribution < 1.29 is 14.0 Å². The summed E-state index contributed by atoms with van der Waals surface area (Å²) < 4.78 is 4.99. The van der Waals surface area contributed by atoms with Crippen molar-refractivity contribution in [3.63, 3.8) is 0 Å². The van der Waals surface area contributed by atoms with Gasteiger partial charge in [0.05, 0.1) is 0 Å². The Labute approximate surface area is 141 Å². The zero-order chi connectivity index (χ0) is 16.9. The van der Waals surface area contributed by atoms with E-state index < -0.39 is 5.91 Å². The molecule has 0 radical (unpaired) electrons. The molecule has 1 aromatic carbocycles. The number of Topliss-reactive ketones (excluding diaryl/α,β-unsaturated/α-hetero) is 1. The van der Waals surface area contributed by atoms with E-state index in [2.05, 4.69) is 20.5 Å². The summed E-state index contributed by atoms with van der Waals surface area (Å²) in [5.41, 5.74) is 0.862. The molecule has 0 spiro atoms. The number of nitrogens with zero attached hydrogens (tertiary/aromatic N) is 3. The van der Waals surface area contributed by atoms with Crippen LogP contribution in [0.25, 0.3) is 0 Å². The van der Waals surface area contributed by atoms with E-state index in [0.29, 0.717) is 34.4 Å². The van der Waals surface area contributed by atoms with Crippen LogP contribution in [0.15, 0.2) is 41.0 Å². The van der Waals surface area contributed by atoms with Gasteiger partial charge in [0.2, 0.25) is 5.13 Å². The van der Waals surface area contributed by atoms with Gasteiger partial charge in [-0.1, -0.05) is 41.7 Å². The molecule has 0 fully saturated rings. The zero-order valence-corrected chi connectivity index (χ0v) is 13.7. The minimum absolute atomic E-state index is 0.0504. The molecular weight excluding hydrogens is 328 g/mol. The van der Waals surface area contributed by atoms with Crippen LogP contribution in [-0.2, 0) is 6.42 Å². The zero-order valence-electron chi connectivity index (χ0n) is 12.9. The molecule has 2 heterocycles. The van der Waals surface area contributed by atoms with Crippen molar-refractivity contribution in [3.8, 4) is 0 Å². The van der Waals surface area contributed by atoms with Crippen LogP contribution in [0.5, 0.6) is 0 Å². The number of carbonyl (C=O) groups excluding carboxylic acids is 2. The Hall–Kier alpha value is -2.87. The van der Waals surface area contributed by atoms with Gasteiger partial charge >= 0.3 is 0 Å². The minimum atomic E-state index is -0.407. The maximum absolute atomic E-state index is 12.1. The summed E-state index contributed by atoms with van der Waals surface area (Å²) in [6.45, 7) is 1.66. The van der Waals surface area contributed by atoms with Gasteiger partial charge in [0.15, 0.2) is 17.4 Å². The molecule has 0 atom stereocenters. The third-order valence-electron chi connectivity index (χ3n) is 3.20. The highest BCUT2D eigenvalue weighted by molar-refractivity contribution is 7.15. The molecule has 24 heavy (non-hydrogen) atoms. The van der Waals surface area contributed by atoms with Gasteiger partial charge in [-0.3, -0.25) is 14.9 Å². The summed E-state index contributed by atoms with van der Waals surface area (Å²) in [4.78, 5) is 27.9. The number of benzene rings is 1. The number of aromatic nitrogens is 3. The first kappa shape index (κ1) is 16.0. The van der Waals surface area contributed by atoms with Crippen LogP contribution in [0.4, 0.5) is 5.13 Å². The molecule has 3 aromatic rings. The largest absolute Gasteiger partial charge is 0.448 e. The highest BCUT2D eigenvalue weighted by Crippen LogP contribution is 2.18. The molecule has 0 aliphatic rings. The average molecular weight is 342 g/mol. The molecule has 1 N–H and O–H groups in total. The summed E-state index contributed by atoms with van der Waals surface area (Å²) >= 11 is 1.24. The highest BCUT2D eigenvalue weighted by atomic mass is 32.1. The fourth-order valence-electron chi connectivity index (χ4n) is 2.02. The van der Waals surface area contributed by atoms with Crippen molar-refractivity contribution >= 4 is 28.2 Å². The number of oxazole rings is 1. The summed E-state index contributed by atoms with van der Waals surface area (Å²) in [7, 11) is 0. The summed E-state index contributed by atoms with van der Waals surface area (Å²) in [5.74, 6) is 0.0573. The fourth-order valence-corrected chi connectivity index (χ4v) is 2.76. The molecule has 8 heteroatoms. The average Bonchev–Trinajstić information content (AvgIpc) is 3.22. The Kier molecular flexibility index (Phi) is 4.76. The number of rotatable bonds is 6. The molecular formula is C16H14N4O3S. The second-order valence-corrected chi connectivity index (χ2v) is 6.06. The van der Waals surface area contributed by atoms with E-state index in [-0.39, 0.29) is 11.5 Å². The van der Waals surface area contributed by atoms with Crippen LogP contribution in [0.2, 0.25) is 0 Å². The molecule has 0 bridgehead atoms. The molecule has 7 nitrogen and oxygen atoms in total. The Morgan fingerprint density at radius 1 is 1.21 bits per heavy atom. The number of anilines is 1. The van der Waals surface area contributed by atoms with Gasteiger partial charge in [-0.2, -0.15) is 0 Å². The van der Waals surface area contributed by atoms with Crippen molar-refractivity contribution in [2.45, 2.75) is 19.8 Å². The number of amides is 1. The lowest BCUT2D eigenvalue weighted by atomic mass is 10.1. The van der Waals surface area contributed by atoms with E-state index in [1.165, 1.54) is 17.6 Å². The fraction of sp³-hybridized carbons (Fsp3) is 0.188. The Morgan fingerprint density at radius 2 is 2.00 bits per heavy atom. The maximum Gasteiger partial charge on any atom is 0.279 e. The summed E-state index contributed by atoms with van der Waals surface area (Å²) in [5, 5.41) is 11.6. The van der Waals surface area contributed by atoms with Crippen molar-refractivity contribution in [1.82, 2.24) is 15.2 Å². The number of hydrogen-bond acceptors (Lipinski definition) is 7. The highest BCUT2D eigenvalue weighted by Gasteiger charge is 2.14. The van der Waals surface area contributed by atoms with Crippen molar-refractivity contribution in [2.75, 3.05) is 5.32 Å². The van der Waals surface area contributed by atoms with Gasteiger partial charge in [0, 0.05) is 25.3 Å². The van der Waals surface area contributed by atoms with E-state index in [0.717, 1.165) is 0 Å². The normalized spacial score (nSPS) is 10.5. The van der Waals surface area contributed by atoms with Gasteiger partial charge < -0.3 is 4.42 Å². The van der Waals surface area contributed by atoms with Gasteiger partial charge in [0.1, 0.15) is 11.3 Å². The first-order chi connectivity index (χ1) is 11.6. The molecule has 1 amide bonds. The predicted molar refractivity (Wildman–Crippen MR) is 88.2 cm³/mol. The van der Waals surface area contributed by atoms with Crippen LogP contribution in [0.1, 0.15) is 38.2 Å². The Morgan fingerprint density at radius 3 is 2.71 bits per heavy atom. The van der Waals surface area contributed by atoms with E-state index in [1.807, 2.05) is 18.2 Å². The van der Waals surface area contributed by atoms with Gasteiger partial charge in [-0.15, -0.1) is 10.2 Å². The molecule has 0 unspecified atom stereocenters. The van der Waals surface area contributed by atoms with E-state index in [1.54, 1.807) is 19.1 Å². The third-order valence-corrected chi connectivity index (χ3v) is 4.10. The molecule has 0 saturated carbocycles. The van der Waals surface area contributed by atoms with E-state index in [9.17, 15) is 9.59 Å². The van der Waals surface area contributed by atoms with Crippen LogP contribution in [0.3, 0.4) is 0 Å². The number of carbonyl (C=O) groups is 2. The van der Waals surface area contributed by atoms with Crippen LogP contribution < -0.4 is 5.32 Å². The Bertz CT molecular complexity index is 857. The molecule has 3 rings (SSSR count). The standard InChI is InChI=1S/C16H14N4O3S/c1-10-17-12(9-23-10)15(22)18-16-20-19-14(24-16)8-7-13(21)11-5-3-2-4-6-11/h2-6,9H,7-8H2,1H3,(H,18,20,22). The van der Waals surface area contributed by atoms with E-state index >= 15 is 0 Å². The summed E-state index contributed by atoms with van der Waals surface area (Å²) in [6, 6.07) is 9.10. The topological polar surface area (TPSA) is 98.0 Å². The molecule has 0 saturated heterocycles. The van der Waals surface area contributed by atoms with Crippen molar-refractivity contribution in [1.29, 1.82) is 0 Å². The Balaban J connectivity index is 1.56. The van der Waals surface area contributed by atoms with Crippen LogP contribution >= 0.6 is 11.3 Å². The molecule has 2 aromatic heterocycles. The van der Waals surface area contributed by atoms with Gasteiger partial charge in [0.25, 0.3) is 5.91 Å². The first-order valence-corrected chi connectivity index (χ1v) is 8.07. The predicted octanol–water partition coefficient (Wildman–Crippen LogP) is 2.90. The quantitative estimate of drug-likeness (QED) is 0.692. The van der Waals surface area contributed by atoms with Crippen molar-refractivity contribution in [3.05, 3.63) is 58.8 Å². The first-order valence-electron chi connectivity index (χ1n) is 7.26. The lowest BCUT2D eigenvalue weighted by molar-refractivity contribution is 0.0981. The van der Waals surface area contributed by atoms with Crippen LogP contribution in [-0.4, -0.2) is 26.9 Å². The van der Waals surface area contributed by atoms with Gasteiger partial charge in [-0.05, 0) is 0 Å². The lowest BCUT2D eigenvalue weighted by Crippen LogP contribution is -2.12. The second-order valence-electron chi connectivity index (χ2n) is 5.00. The van der Waals surface area contributed by atoms with Gasteiger partial charge in [-0.25, -0.2) is 4.98 Å². The minimum Gasteiger partial charge on any atom is -0.448 e. The second kappa shape index (κ2) is 7.14. The number of ketones is 1. The van der Waals surface area contributed by atoms with E-state index in [4.69, 9.17) is 4.42 Å². The number of hydrogen-bond donors (Lipinski definition) is 1.